The van der Waals surface area contributed by atoms with E-state index in [0.717, 1.165) is 0 Å². The molecular weight excluding hydrogens is 351 g/mol. The van der Waals surface area contributed by atoms with Crippen LogP contribution in [0.15, 0.2) is 28.7 Å². The molecule has 114 valence electrons. The second kappa shape index (κ2) is 6.91. The van der Waals surface area contributed by atoms with Crippen LogP contribution in [0.5, 0.6) is 0 Å². The number of carbonyl (C=O) groups excluding carboxylic acids is 1. The predicted octanol–water partition coefficient (Wildman–Crippen LogP) is 2.75. The maximum absolute atomic E-state index is 13.3. The number of hydrogen-bond donors (Lipinski definition) is 1. The van der Waals surface area contributed by atoms with E-state index in [1.54, 1.807) is 6.07 Å². The fourth-order valence-electron chi connectivity index (χ4n) is 1.82. The number of amides is 1. The molecule has 0 bridgehead atoms. The summed E-state index contributed by atoms with van der Waals surface area (Å²) in [5.74, 6) is -0.929. The summed E-state index contributed by atoms with van der Waals surface area (Å²) in [6, 6.07) is 3.63. The number of benzene rings is 1. The van der Waals surface area contributed by atoms with Crippen molar-refractivity contribution >= 4 is 21.8 Å². The van der Waals surface area contributed by atoms with Gasteiger partial charge in [-0.25, -0.2) is 0 Å². The van der Waals surface area contributed by atoms with Crippen LogP contribution < -0.4 is 5.73 Å². The zero-order valence-electron chi connectivity index (χ0n) is 11.1. The van der Waals surface area contributed by atoms with Gasteiger partial charge in [0.2, 0.25) is 5.91 Å². The summed E-state index contributed by atoms with van der Waals surface area (Å²) < 4.78 is 40.7. The number of nitrogens with zero attached hydrogens (tertiary/aromatic N) is 2. The van der Waals surface area contributed by atoms with Crippen molar-refractivity contribution in [2.24, 2.45) is 5.73 Å². The van der Waals surface area contributed by atoms with Crippen molar-refractivity contribution in [2.75, 3.05) is 6.54 Å². The summed E-state index contributed by atoms with van der Waals surface area (Å²) in [5.41, 5.74) is 5.25. The third kappa shape index (κ3) is 4.44. The van der Waals surface area contributed by atoms with E-state index >= 15 is 0 Å². The van der Waals surface area contributed by atoms with Gasteiger partial charge in [0.05, 0.1) is 12.1 Å². The Labute approximate surface area is 128 Å². The molecule has 21 heavy (non-hydrogen) atoms. The Morgan fingerprint density at radius 1 is 1.43 bits per heavy atom. The topological polar surface area (TPSA) is 70.1 Å². The van der Waals surface area contributed by atoms with E-state index in [-0.39, 0.29) is 5.56 Å². The summed E-state index contributed by atoms with van der Waals surface area (Å²) in [5, 5.41) is 8.71. The van der Waals surface area contributed by atoms with Gasteiger partial charge < -0.3 is 10.6 Å². The molecule has 0 fully saturated rings. The van der Waals surface area contributed by atoms with Crippen molar-refractivity contribution < 1.29 is 18.0 Å². The van der Waals surface area contributed by atoms with Crippen molar-refractivity contribution in [1.29, 1.82) is 5.26 Å². The molecule has 1 amide bonds. The second-order valence-corrected chi connectivity index (χ2v) is 5.32. The van der Waals surface area contributed by atoms with Gasteiger partial charge in [-0.15, -0.1) is 0 Å². The van der Waals surface area contributed by atoms with E-state index in [4.69, 9.17) is 11.0 Å². The zero-order chi connectivity index (χ0) is 16.2. The van der Waals surface area contributed by atoms with E-state index in [2.05, 4.69) is 15.9 Å². The smallest absolute Gasteiger partial charge is 0.320 e. The average Bonchev–Trinajstić information content (AvgIpc) is 2.38. The first-order valence-corrected chi connectivity index (χ1v) is 6.73. The van der Waals surface area contributed by atoms with Crippen LogP contribution in [-0.2, 0) is 4.79 Å². The van der Waals surface area contributed by atoms with Crippen LogP contribution in [0.3, 0.4) is 0 Å². The Hall–Kier alpha value is -1.59. The van der Waals surface area contributed by atoms with Gasteiger partial charge in [-0.2, -0.15) is 18.4 Å². The molecule has 0 aliphatic rings. The van der Waals surface area contributed by atoms with Crippen LogP contribution in [0.2, 0.25) is 0 Å². The minimum absolute atomic E-state index is 0.130. The van der Waals surface area contributed by atoms with Gasteiger partial charge in [-0.05, 0) is 24.6 Å². The maximum Gasteiger partial charge on any atom is 0.413 e. The molecule has 2 N–H and O–H groups in total. The number of halogens is 4. The first-order chi connectivity index (χ1) is 9.68. The molecule has 0 aliphatic carbocycles. The van der Waals surface area contributed by atoms with E-state index < -0.39 is 30.7 Å². The van der Waals surface area contributed by atoms with Crippen LogP contribution in [0.25, 0.3) is 0 Å². The highest BCUT2D eigenvalue weighted by molar-refractivity contribution is 9.10. The van der Waals surface area contributed by atoms with Gasteiger partial charge in [-0.3, -0.25) is 4.79 Å². The van der Waals surface area contributed by atoms with Gasteiger partial charge >= 0.3 is 6.18 Å². The summed E-state index contributed by atoms with van der Waals surface area (Å²) in [6.07, 6.45) is -4.71. The highest BCUT2D eigenvalue weighted by Crippen LogP contribution is 2.38. The molecule has 0 saturated heterocycles. The van der Waals surface area contributed by atoms with Crippen molar-refractivity contribution in [3.8, 4) is 6.07 Å². The van der Waals surface area contributed by atoms with Crippen molar-refractivity contribution in [3.05, 3.63) is 34.3 Å². The lowest BCUT2D eigenvalue weighted by Gasteiger charge is -2.32. The molecule has 1 rings (SSSR count). The van der Waals surface area contributed by atoms with Crippen LogP contribution in [-0.4, -0.2) is 29.6 Å². The Balaban J connectivity index is 3.31. The zero-order valence-corrected chi connectivity index (χ0v) is 12.6. The summed E-state index contributed by atoms with van der Waals surface area (Å²) in [7, 11) is 0. The number of hydrogen-bond acceptors (Lipinski definition) is 3. The van der Waals surface area contributed by atoms with Gasteiger partial charge in [0.25, 0.3) is 0 Å². The predicted molar refractivity (Wildman–Crippen MR) is 73.9 cm³/mol. The van der Waals surface area contributed by atoms with Gasteiger partial charge in [0.15, 0.2) is 6.04 Å². The van der Waals surface area contributed by atoms with Crippen molar-refractivity contribution in [3.63, 3.8) is 0 Å². The fraction of sp³-hybridized carbons (Fsp3) is 0.385. The molecule has 0 spiro atoms. The number of nitriles is 1. The Morgan fingerprint density at radius 3 is 2.33 bits per heavy atom. The third-order valence-corrected chi connectivity index (χ3v) is 3.25. The first kappa shape index (κ1) is 17.5. The largest absolute Gasteiger partial charge is 0.413 e. The quantitative estimate of drug-likeness (QED) is 0.836. The summed E-state index contributed by atoms with van der Waals surface area (Å²) in [6.45, 7) is 0.586. The van der Waals surface area contributed by atoms with Crippen LogP contribution in [0.4, 0.5) is 13.2 Å². The maximum atomic E-state index is 13.3. The lowest BCUT2D eigenvalue weighted by atomic mass is 10.0. The molecule has 0 heterocycles. The monoisotopic (exact) mass is 363 g/mol. The van der Waals surface area contributed by atoms with Crippen LogP contribution in [0, 0.1) is 11.3 Å². The van der Waals surface area contributed by atoms with E-state index in [1.807, 2.05) is 0 Å². The SMILES string of the molecule is C[C@H](N)C(=O)N(CC#N)[C@@H](c1ccc(Br)cc1)C(F)(F)F. The molecule has 0 unspecified atom stereocenters. The van der Waals surface area contributed by atoms with E-state index in [0.29, 0.717) is 9.37 Å². The van der Waals surface area contributed by atoms with Gasteiger partial charge in [0, 0.05) is 4.47 Å². The Morgan fingerprint density at radius 2 is 1.95 bits per heavy atom. The number of alkyl halides is 3. The molecule has 8 heteroatoms. The minimum atomic E-state index is -4.71. The molecule has 4 nitrogen and oxygen atoms in total. The Kier molecular flexibility index (Phi) is 5.75. The number of nitrogens with two attached hydrogens (primary N) is 1. The molecule has 2 atom stereocenters. The van der Waals surface area contributed by atoms with Crippen LogP contribution >= 0.6 is 15.9 Å². The number of carbonyl (C=O) groups is 1. The fourth-order valence-corrected chi connectivity index (χ4v) is 2.09. The Bertz CT molecular complexity index is 537. The lowest BCUT2D eigenvalue weighted by molar-refractivity contribution is -0.191. The molecular formula is C13H13BrF3N3O. The summed E-state index contributed by atoms with van der Waals surface area (Å²) >= 11 is 3.13. The second-order valence-electron chi connectivity index (χ2n) is 4.41. The third-order valence-electron chi connectivity index (χ3n) is 2.72. The highest BCUT2D eigenvalue weighted by atomic mass is 79.9. The molecule has 0 radical (unpaired) electrons. The molecule has 0 saturated carbocycles. The van der Waals surface area contributed by atoms with Gasteiger partial charge in [-0.1, -0.05) is 28.1 Å². The lowest BCUT2D eigenvalue weighted by Crippen LogP contribution is -2.48. The summed E-state index contributed by atoms with van der Waals surface area (Å²) in [4.78, 5) is 12.4. The van der Waals surface area contributed by atoms with Gasteiger partial charge in [0.1, 0.15) is 6.54 Å². The van der Waals surface area contributed by atoms with E-state index in [1.165, 1.54) is 31.2 Å². The molecule has 1 aromatic rings. The van der Waals surface area contributed by atoms with E-state index in [9.17, 15) is 18.0 Å². The highest BCUT2D eigenvalue weighted by Gasteiger charge is 2.46. The standard InChI is InChI=1S/C13H13BrF3N3O/c1-8(19)12(21)20(7-6-18)11(13(15,16)17)9-2-4-10(14)5-3-9/h2-5,8,11H,7,19H2,1H3/t8-,11-/m0/s1. The first-order valence-electron chi connectivity index (χ1n) is 5.93. The van der Waals surface area contributed by atoms with Crippen LogP contribution in [0.1, 0.15) is 18.5 Å². The van der Waals surface area contributed by atoms with Crippen molar-refractivity contribution in [2.45, 2.75) is 25.2 Å². The average molecular weight is 364 g/mol. The van der Waals surface area contributed by atoms with Crippen molar-refractivity contribution in [1.82, 2.24) is 4.90 Å². The number of rotatable bonds is 4. The minimum Gasteiger partial charge on any atom is -0.320 e. The molecule has 0 aromatic heterocycles. The normalized spacial score (nSPS) is 14.1. The molecule has 0 aliphatic heterocycles. The molecule has 1 aromatic carbocycles.